The quantitative estimate of drug-likeness (QED) is 0.642. The second kappa shape index (κ2) is 4.49. The molecule has 1 amide bonds. The van der Waals surface area contributed by atoms with E-state index >= 15 is 0 Å². The van der Waals surface area contributed by atoms with Gasteiger partial charge in [0.15, 0.2) is 0 Å². The van der Waals surface area contributed by atoms with Crippen LogP contribution in [-0.2, 0) is 4.79 Å². The molecule has 0 unspecified atom stereocenters. The lowest BCUT2D eigenvalue weighted by molar-refractivity contribution is -0.126. The first-order valence-electron chi connectivity index (χ1n) is 5.52. The van der Waals surface area contributed by atoms with Crippen LogP contribution in [0, 0.1) is 0 Å². The third-order valence-corrected chi connectivity index (χ3v) is 2.74. The Kier molecular flexibility index (Phi) is 3.73. The molecule has 4 nitrogen and oxygen atoms in total. The van der Waals surface area contributed by atoms with E-state index in [9.17, 15) is 15.0 Å². The molecule has 1 fully saturated rings. The summed E-state index contributed by atoms with van der Waals surface area (Å²) in [6, 6.07) is 0. The highest BCUT2D eigenvalue weighted by atomic mass is 16.3. The van der Waals surface area contributed by atoms with Gasteiger partial charge in [0, 0.05) is 6.54 Å². The van der Waals surface area contributed by atoms with Gasteiger partial charge in [0.1, 0.15) is 0 Å². The molecule has 1 aliphatic carbocycles. The summed E-state index contributed by atoms with van der Waals surface area (Å²) >= 11 is 0. The molecule has 0 aliphatic heterocycles. The predicted molar refractivity (Wildman–Crippen MR) is 57.3 cm³/mol. The van der Waals surface area contributed by atoms with Gasteiger partial charge in [-0.15, -0.1) is 0 Å². The zero-order valence-electron chi connectivity index (χ0n) is 9.55. The van der Waals surface area contributed by atoms with Crippen LogP contribution in [0.2, 0.25) is 0 Å². The van der Waals surface area contributed by atoms with Crippen molar-refractivity contribution in [1.82, 2.24) is 5.32 Å². The second-order valence-electron chi connectivity index (χ2n) is 5.20. The number of hydrogen-bond donors (Lipinski definition) is 3. The van der Waals surface area contributed by atoms with Crippen LogP contribution in [0.5, 0.6) is 0 Å². The summed E-state index contributed by atoms with van der Waals surface area (Å²) in [5.41, 5.74) is -1.70. The number of aliphatic hydroxyl groups is 2. The van der Waals surface area contributed by atoms with Crippen LogP contribution in [0.1, 0.15) is 46.0 Å². The molecule has 0 saturated heterocycles. The summed E-state index contributed by atoms with van der Waals surface area (Å²) in [6.45, 7) is 3.50. The van der Waals surface area contributed by atoms with Crippen molar-refractivity contribution in [2.45, 2.75) is 57.2 Å². The van der Waals surface area contributed by atoms with Crippen molar-refractivity contribution < 1.29 is 15.0 Å². The van der Waals surface area contributed by atoms with E-state index < -0.39 is 11.2 Å². The topological polar surface area (TPSA) is 69.6 Å². The van der Waals surface area contributed by atoms with Gasteiger partial charge in [-0.2, -0.15) is 0 Å². The number of carbonyl (C=O) groups excluding carboxylic acids is 1. The summed E-state index contributed by atoms with van der Waals surface area (Å²) in [6.07, 6.45) is 3.57. The largest absolute Gasteiger partial charge is 0.389 e. The Labute approximate surface area is 90.7 Å². The highest BCUT2D eigenvalue weighted by Crippen LogP contribution is 2.32. The summed E-state index contributed by atoms with van der Waals surface area (Å²) in [5, 5.41) is 22.0. The van der Waals surface area contributed by atoms with Gasteiger partial charge in [-0.25, -0.2) is 0 Å². The third kappa shape index (κ3) is 4.62. The zero-order valence-corrected chi connectivity index (χ0v) is 9.55. The van der Waals surface area contributed by atoms with Crippen molar-refractivity contribution in [2.75, 3.05) is 6.54 Å². The second-order valence-corrected chi connectivity index (χ2v) is 5.20. The van der Waals surface area contributed by atoms with Crippen LogP contribution >= 0.6 is 0 Å². The highest BCUT2D eigenvalue weighted by molar-refractivity contribution is 5.77. The molecule has 0 heterocycles. The molecule has 0 bridgehead atoms. The van der Waals surface area contributed by atoms with Crippen molar-refractivity contribution in [3.8, 4) is 0 Å². The highest BCUT2D eigenvalue weighted by Gasteiger charge is 2.33. The van der Waals surface area contributed by atoms with E-state index in [0.29, 0.717) is 12.8 Å². The van der Waals surface area contributed by atoms with E-state index in [1.807, 2.05) is 0 Å². The van der Waals surface area contributed by atoms with Crippen molar-refractivity contribution in [3.63, 3.8) is 0 Å². The Hall–Kier alpha value is -0.610. The standard InChI is InChI=1S/C11H21NO3/c1-10(2,14)8-12-9(13)7-11(15)5-3-4-6-11/h14-15H,3-8H2,1-2H3,(H,12,13). The third-order valence-electron chi connectivity index (χ3n) is 2.74. The van der Waals surface area contributed by atoms with E-state index in [1.54, 1.807) is 13.8 Å². The fourth-order valence-corrected chi connectivity index (χ4v) is 1.89. The maximum Gasteiger partial charge on any atom is 0.222 e. The minimum absolute atomic E-state index is 0.156. The average molecular weight is 215 g/mol. The van der Waals surface area contributed by atoms with Gasteiger partial charge in [0.05, 0.1) is 17.6 Å². The molecule has 88 valence electrons. The zero-order chi connectivity index (χ0) is 11.5. The molecule has 4 heteroatoms. The van der Waals surface area contributed by atoms with Gasteiger partial charge in [-0.05, 0) is 26.7 Å². The van der Waals surface area contributed by atoms with Gasteiger partial charge in [0.2, 0.25) is 5.91 Å². The molecule has 3 N–H and O–H groups in total. The van der Waals surface area contributed by atoms with Gasteiger partial charge in [0.25, 0.3) is 0 Å². The fraction of sp³-hybridized carbons (Fsp3) is 0.909. The average Bonchev–Trinajstić information content (AvgIpc) is 2.47. The summed E-state index contributed by atoms with van der Waals surface area (Å²) < 4.78 is 0. The van der Waals surface area contributed by atoms with Crippen LogP contribution in [0.25, 0.3) is 0 Å². The molecule has 0 aromatic carbocycles. The summed E-state index contributed by atoms with van der Waals surface area (Å²) in [4.78, 5) is 11.5. The molecule has 1 saturated carbocycles. The van der Waals surface area contributed by atoms with Crippen LogP contribution in [0.3, 0.4) is 0 Å². The Morgan fingerprint density at radius 1 is 1.40 bits per heavy atom. The number of rotatable bonds is 4. The first-order chi connectivity index (χ1) is 6.81. The van der Waals surface area contributed by atoms with E-state index in [0.717, 1.165) is 12.8 Å². The van der Waals surface area contributed by atoms with Crippen molar-refractivity contribution in [3.05, 3.63) is 0 Å². The maximum absolute atomic E-state index is 11.5. The van der Waals surface area contributed by atoms with Crippen molar-refractivity contribution in [2.24, 2.45) is 0 Å². The summed E-state index contributed by atoms with van der Waals surface area (Å²) in [7, 11) is 0. The monoisotopic (exact) mass is 215 g/mol. The van der Waals surface area contributed by atoms with Gasteiger partial charge in [-0.1, -0.05) is 12.8 Å². The van der Waals surface area contributed by atoms with Crippen LogP contribution in [0.15, 0.2) is 0 Å². The van der Waals surface area contributed by atoms with Crippen molar-refractivity contribution >= 4 is 5.91 Å². The van der Waals surface area contributed by atoms with Crippen LogP contribution < -0.4 is 5.32 Å². The molecule has 0 radical (unpaired) electrons. The number of amides is 1. The number of hydrogen-bond acceptors (Lipinski definition) is 3. The molecule has 1 rings (SSSR count). The molecule has 0 spiro atoms. The minimum atomic E-state index is -0.895. The normalized spacial score (nSPS) is 20.3. The smallest absolute Gasteiger partial charge is 0.222 e. The summed E-state index contributed by atoms with van der Waals surface area (Å²) in [5.74, 6) is -0.179. The Bertz CT molecular complexity index is 226. The van der Waals surface area contributed by atoms with E-state index in [2.05, 4.69) is 5.32 Å². The first-order valence-corrected chi connectivity index (χ1v) is 5.52. The SMILES string of the molecule is CC(C)(O)CNC(=O)CC1(O)CCCC1. The number of carbonyl (C=O) groups is 1. The molecular formula is C11H21NO3. The lowest BCUT2D eigenvalue weighted by Gasteiger charge is -2.23. The Balaban J connectivity index is 2.30. The lowest BCUT2D eigenvalue weighted by Crippen LogP contribution is -2.41. The predicted octanol–water partition coefficient (Wildman–Crippen LogP) is 0.569. The van der Waals surface area contributed by atoms with E-state index in [4.69, 9.17) is 0 Å². The van der Waals surface area contributed by atoms with E-state index in [-0.39, 0.29) is 18.9 Å². The van der Waals surface area contributed by atoms with Gasteiger partial charge >= 0.3 is 0 Å². The van der Waals surface area contributed by atoms with Crippen LogP contribution in [0.4, 0.5) is 0 Å². The molecule has 0 aromatic heterocycles. The van der Waals surface area contributed by atoms with E-state index in [1.165, 1.54) is 0 Å². The maximum atomic E-state index is 11.5. The molecule has 0 atom stereocenters. The molecule has 15 heavy (non-hydrogen) atoms. The fourth-order valence-electron chi connectivity index (χ4n) is 1.89. The molecule has 1 aliphatic rings. The van der Waals surface area contributed by atoms with Gasteiger partial charge in [-0.3, -0.25) is 4.79 Å². The lowest BCUT2D eigenvalue weighted by atomic mass is 9.97. The molecule has 0 aromatic rings. The Morgan fingerprint density at radius 3 is 2.40 bits per heavy atom. The first kappa shape index (κ1) is 12.5. The Morgan fingerprint density at radius 2 is 1.93 bits per heavy atom. The van der Waals surface area contributed by atoms with Crippen molar-refractivity contribution in [1.29, 1.82) is 0 Å². The van der Waals surface area contributed by atoms with Gasteiger partial charge < -0.3 is 15.5 Å². The van der Waals surface area contributed by atoms with Crippen LogP contribution in [-0.4, -0.2) is 33.9 Å². The minimum Gasteiger partial charge on any atom is -0.389 e. The number of nitrogens with one attached hydrogen (secondary N) is 1. The molecular weight excluding hydrogens is 194 g/mol.